The molecule has 54 heavy (non-hydrogen) atoms. The number of benzene rings is 3. The van der Waals surface area contributed by atoms with Gasteiger partial charge in [-0.05, 0) is 35.9 Å². The number of carbonyl (C=O) groups is 3. The molecule has 3 atom stereocenters. The minimum Gasteiger partial charge on any atom is -0.507 e. The number of nitrogens with zero attached hydrogens (tertiary/aromatic N) is 2. The van der Waals surface area contributed by atoms with Crippen LogP contribution in [0.3, 0.4) is 0 Å². The van der Waals surface area contributed by atoms with Crippen molar-refractivity contribution in [2.45, 2.75) is 37.7 Å². The molecule has 1 aromatic heterocycles. The third kappa shape index (κ3) is 6.48. The highest BCUT2D eigenvalue weighted by atomic mass is 35.5. The first-order chi connectivity index (χ1) is 25.9. The Hall–Kier alpha value is -5.96. The van der Waals surface area contributed by atoms with Crippen molar-refractivity contribution in [3.8, 4) is 51.6 Å². The molecule has 3 aromatic carbocycles. The molecule has 1 amide bonds. The molecule has 1 unspecified atom stereocenters. The van der Waals surface area contributed by atoms with Gasteiger partial charge in [-0.3, -0.25) is 14.4 Å². The van der Waals surface area contributed by atoms with Gasteiger partial charge in [0.15, 0.2) is 40.3 Å². The van der Waals surface area contributed by atoms with E-state index in [9.17, 15) is 24.6 Å². The van der Waals surface area contributed by atoms with E-state index in [1.54, 1.807) is 25.1 Å². The van der Waals surface area contributed by atoms with Crippen molar-refractivity contribution in [2.75, 3.05) is 42.1 Å². The third-order valence-electron chi connectivity index (χ3n) is 9.63. The molecule has 2 heterocycles. The van der Waals surface area contributed by atoms with Gasteiger partial charge in [-0.25, -0.2) is 0 Å². The molecule has 0 bridgehead atoms. The summed E-state index contributed by atoms with van der Waals surface area (Å²) in [5.74, 6) is -2.66. The van der Waals surface area contributed by atoms with E-state index in [1.807, 2.05) is 0 Å². The summed E-state index contributed by atoms with van der Waals surface area (Å²) in [6, 6.07) is 10.9. The Bertz CT molecular complexity index is 2160. The molecule has 1 aliphatic heterocycles. The van der Waals surface area contributed by atoms with E-state index in [1.165, 1.54) is 59.8 Å². The molecule has 15 nitrogen and oxygen atoms in total. The number of aliphatic hydroxyl groups excluding tert-OH is 1. The molecule has 1 aliphatic carbocycles. The largest absolute Gasteiger partial charge is 0.507 e. The van der Waals surface area contributed by atoms with Gasteiger partial charge in [-0.1, -0.05) is 29.7 Å². The number of hydrogen-bond donors (Lipinski definition) is 3. The van der Waals surface area contributed by atoms with Crippen LogP contribution in [0.4, 0.5) is 0 Å². The van der Waals surface area contributed by atoms with E-state index in [-0.39, 0.29) is 76.6 Å². The van der Waals surface area contributed by atoms with Crippen molar-refractivity contribution in [3.05, 3.63) is 75.8 Å². The van der Waals surface area contributed by atoms with E-state index in [4.69, 9.17) is 44.5 Å². The average Bonchev–Trinajstić information content (AvgIpc) is 3.77. The number of halogens is 1. The normalized spacial score (nSPS) is 18.2. The van der Waals surface area contributed by atoms with Crippen LogP contribution in [0.5, 0.6) is 40.2 Å². The molecule has 0 fully saturated rings. The number of phenols is 1. The molecule has 0 radical (unpaired) electrons. The number of rotatable bonds is 13. The van der Waals surface area contributed by atoms with E-state index < -0.39 is 40.7 Å². The van der Waals surface area contributed by atoms with Gasteiger partial charge in [0.05, 0.1) is 35.5 Å². The summed E-state index contributed by atoms with van der Waals surface area (Å²) < 4.78 is 38.5. The van der Waals surface area contributed by atoms with Gasteiger partial charge in [-0.2, -0.15) is 4.98 Å². The van der Waals surface area contributed by atoms with Crippen molar-refractivity contribution in [1.29, 1.82) is 0 Å². The lowest BCUT2D eigenvalue weighted by Crippen LogP contribution is -2.53. The monoisotopic (exact) mass is 763 g/mol. The fourth-order valence-corrected chi connectivity index (χ4v) is 7.12. The Morgan fingerprint density at radius 1 is 0.944 bits per heavy atom. The molecule has 4 aromatic rings. The number of methoxy groups -OCH3 is 5. The standard InChI is InChI=1S/C38H38ClN3O12/c1-18-13-23(44)31(35(46)38(18)36(47)32-27(51-5)17-28(52-6)33(39)34(32)53-38)21(19-7-9-22(43)25(14-19)49-3)16-29(45)40-12-11-30-41-37(42-54-30)20-8-10-24(48-2)26(15-20)50-4/h7-10,14-15,17-18,21,43,46H,11-13,16H2,1-6H3,(H,40,45)/t18-,21?,38+/m1/s1. The fourth-order valence-electron chi connectivity index (χ4n) is 6.85. The van der Waals surface area contributed by atoms with Crippen molar-refractivity contribution in [1.82, 2.24) is 15.5 Å². The zero-order chi connectivity index (χ0) is 38.9. The van der Waals surface area contributed by atoms with Crippen molar-refractivity contribution in [3.63, 3.8) is 0 Å². The Balaban J connectivity index is 1.30. The number of fused-ring (bicyclic) bond motifs is 1. The maximum Gasteiger partial charge on any atom is 0.231 e. The highest BCUT2D eigenvalue weighted by molar-refractivity contribution is 6.35. The number of carbonyl (C=O) groups excluding carboxylic acids is 3. The van der Waals surface area contributed by atoms with Gasteiger partial charge < -0.3 is 48.5 Å². The molecular weight excluding hydrogens is 726 g/mol. The van der Waals surface area contributed by atoms with Crippen molar-refractivity contribution in [2.24, 2.45) is 5.92 Å². The summed E-state index contributed by atoms with van der Waals surface area (Å²) in [5, 5.41) is 29.3. The molecule has 284 valence electrons. The highest BCUT2D eigenvalue weighted by Gasteiger charge is 2.61. The van der Waals surface area contributed by atoms with Gasteiger partial charge >= 0.3 is 0 Å². The Labute approximate surface area is 314 Å². The number of ketones is 2. The second kappa shape index (κ2) is 15.2. The molecule has 6 rings (SSSR count). The lowest BCUT2D eigenvalue weighted by Gasteiger charge is -2.38. The van der Waals surface area contributed by atoms with Crippen LogP contribution in [-0.4, -0.2) is 85.5 Å². The molecule has 2 aliphatic rings. The van der Waals surface area contributed by atoms with Crippen LogP contribution in [0.15, 0.2) is 58.3 Å². The van der Waals surface area contributed by atoms with Crippen LogP contribution in [0.1, 0.15) is 47.5 Å². The topological polar surface area (TPSA) is 198 Å². The summed E-state index contributed by atoms with van der Waals surface area (Å²) in [4.78, 5) is 46.3. The molecule has 0 saturated heterocycles. The number of phenolic OH excluding ortho intramolecular Hbond substituents is 1. The zero-order valence-electron chi connectivity index (χ0n) is 30.3. The number of amides is 1. The number of Topliss-reactive ketones (excluding diaryl/α,β-unsaturated/α-hetero) is 2. The van der Waals surface area contributed by atoms with Crippen LogP contribution in [0.25, 0.3) is 11.4 Å². The minimum atomic E-state index is -2.08. The molecule has 3 N–H and O–H groups in total. The van der Waals surface area contributed by atoms with Crippen molar-refractivity contribution < 1.29 is 57.5 Å². The Kier molecular flexibility index (Phi) is 10.6. The van der Waals surface area contributed by atoms with Gasteiger partial charge in [0.2, 0.25) is 29.0 Å². The number of nitrogens with one attached hydrogen (secondary N) is 1. The fraction of sp³-hybridized carbons (Fsp3) is 0.342. The molecule has 16 heteroatoms. The third-order valence-corrected chi connectivity index (χ3v) is 9.98. The van der Waals surface area contributed by atoms with E-state index in [0.29, 0.717) is 28.5 Å². The molecule has 0 saturated carbocycles. The van der Waals surface area contributed by atoms with Crippen LogP contribution < -0.4 is 33.7 Å². The van der Waals surface area contributed by atoms with Gasteiger partial charge in [-0.15, -0.1) is 0 Å². The lowest BCUT2D eigenvalue weighted by molar-refractivity contribution is -0.121. The first-order valence-corrected chi connectivity index (χ1v) is 17.1. The second-order valence-electron chi connectivity index (χ2n) is 12.6. The predicted molar refractivity (Wildman–Crippen MR) is 192 cm³/mol. The van der Waals surface area contributed by atoms with Crippen molar-refractivity contribution >= 4 is 29.1 Å². The predicted octanol–water partition coefficient (Wildman–Crippen LogP) is 5.41. The van der Waals surface area contributed by atoms with E-state index >= 15 is 0 Å². The van der Waals surface area contributed by atoms with Gasteiger partial charge in [0.25, 0.3) is 0 Å². The Morgan fingerprint density at radius 3 is 2.33 bits per heavy atom. The minimum absolute atomic E-state index is 0.0201. The first kappa shape index (κ1) is 37.8. The summed E-state index contributed by atoms with van der Waals surface area (Å²) in [7, 11) is 7.14. The quantitative estimate of drug-likeness (QED) is 0.156. The number of aromatic nitrogens is 2. The highest BCUT2D eigenvalue weighted by Crippen LogP contribution is 2.56. The van der Waals surface area contributed by atoms with Crippen LogP contribution in [0, 0.1) is 5.92 Å². The second-order valence-corrected chi connectivity index (χ2v) is 13.0. The number of aromatic hydroxyl groups is 1. The smallest absolute Gasteiger partial charge is 0.231 e. The number of aliphatic hydroxyl groups is 1. The van der Waals surface area contributed by atoms with E-state index in [0.717, 1.165) is 0 Å². The number of ether oxygens (including phenoxy) is 6. The molecular formula is C38H38ClN3O12. The summed E-state index contributed by atoms with van der Waals surface area (Å²) in [6.07, 6.45) is -0.406. The van der Waals surface area contributed by atoms with Crippen LogP contribution >= 0.6 is 11.6 Å². The number of hydrogen-bond acceptors (Lipinski definition) is 14. The lowest BCUT2D eigenvalue weighted by atomic mass is 9.69. The SMILES string of the molecule is COc1cc(C(CC(=O)NCCc2nc(-c3ccc(OC)c(OC)c3)no2)C2=C(O)[C@@]3(Oc4c(Cl)c(OC)cc(OC)c4C3=O)[C@H](C)CC2=O)ccc1O. The summed E-state index contributed by atoms with van der Waals surface area (Å²) in [6.45, 7) is 1.68. The van der Waals surface area contributed by atoms with Gasteiger partial charge in [0, 0.05) is 54.8 Å². The maximum atomic E-state index is 14.4. The first-order valence-electron chi connectivity index (χ1n) is 16.8. The van der Waals surface area contributed by atoms with Gasteiger partial charge in [0.1, 0.15) is 22.1 Å². The van der Waals surface area contributed by atoms with Crippen LogP contribution in [-0.2, 0) is 16.0 Å². The number of allylic oxidation sites excluding steroid dienone is 1. The van der Waals surface area contributed by atoms with E-state index in [2.05, 4.69) is 15.5 Å². The average molecular weight is 764 g/mol. The van der Waals surface area contributed by atoms with Crippen LogP contribution in [0.2, 0.25) is 5.02 Å². The Morgan fingerprint density at radius 2 is 1.65 bits per heavy atom. The zero-order valence-corrected chi connectivity index (χ0v) is 31.0. The maximum absolute atomic E-state index is 14.4. The molecule has 1 spiro atoms. The summed E-state index contributed by atoms with van der Waals surface area (Å²) >= 11 is 6.60. The summed E-state index contributed by atoms with van der Waals surface area (Å²) in [5.41, 5.74) is -1.34.